The van der Waals surface area contributed by atoms with Crippen molar-refractivity contribution in [1.29, 1.82) is 0 Å². The van der Waals surface area contributed by atoms with Crippen molar-refractivity contribution in [2.75, 3.05) is 6.61 Å². The zero-order valence-electron chi connectivity index (χ0n) is 7.72. The number of aliphatic hydroxyl groups is 1. The van der Waals surface area contributed by atoms with Crippen LogP contribution < -0.4 is 5.73 Å². The molecule has 0 aliphatic heterocycles. The average molecular weight is 157 g/mol. The molecule has 0 heterocycles. The lowest BCUT2D eigenvalue weighted by molar-refractivity contribution is 0.240. The molecule has 0 amide bonds. The van der Waals surface area contributed by atoms with Gasteiger partial charge in [0.05, 0.1) is 0 Å². The van der Waals surface area contributed by atoms with E-state index in [0.717, 1.165) is 12.8 Å². The first-order chi connectivity index (χ1) is 4.92. The van der Waals surface area contributed by atoms with E-state index >= 15 is 0 Å². The van der Waals surface area contributed by atoms with E-state index in [9.17, 15) is 0 Å². The number of hydrogen-bond acceptors (Lipinski definition) is 2. The zero-order chi connectivity index (χ0) is 8.70. The molecule has 0 aromatic carbocycles. The summed E-state index contributed by atoms with van der Waals surface area (Å²) in [6, 6.07) is 0. The second-order valence-electron chi connectivity index (χ2n) is 4.70. The monoisotopic (exact) mass is 157 g/mol. The molecule has 1 fully saturated rings. The number of aliphatic hydroxyl groups excluding tert-OH is 1. The molecule has 2 heteroatoms. The topological polar surface area (TPSA) is 46.2 Å². The van der Waals surface area contributed by atoms with Gasteiger partial charge in [0.2, 0.25) is 0 Å². The van der Waals surface area contributed by atoms with Crippen molar-refractivity contribution < 1.29 is 5.11 Å². The number of nitrogens with two attached hydrogens (primary N) is 1. The number of hydrogen-bond donors (Lipinski definition) is 2. The fraction of sp³-hybridized carbons (Fsp3) is 1.00. The summed E-state index contributed by atoms with van der Waals surface area (Å²) in [6.07, 6.45) is 1.95. The second kappa shape index (κ2) is 2.46. The zero-order valence-corrected chi connectivity index (χ0v) is 7.72. The molecule has 2 atom stereocenters. The SMILES string of the molecule is CC(C)(C)[C@]1(N)C[C@H]1CCO. The lowest BCUT2D eigenvalue weighted by Gasteiger charge is -2.28. The van der Waals surface area contributed by atoms with E-state index in [1.807, 2.05) is 0 Å². The van der Waals surface area contributed by atoms with Crippen LogP contribution in [0.5, 0.6) is 0 Å². The van der Waals surface area contributed by atoms with Crippen LogP contribution in [0.1, 0.15) is 33.6 Å². The Morgan fingerprint density at radius 3 is 2.36 bits per heavy atom. The molecule has 3 N–H and O–H groups in total. The Morgan fingerprint density at radius 1 is 1.55 bits per heavy atom. The summed E-state index contributed by atoms with van der Waals surface area (Å²) in [5.41, 5.74) is 6.33. The van der Waals surface area contributed by atoms with Gasteiger partial charge in [0.25, 0.3) is 0 Å². The molecule has 11 heavy (non-hydrogen) atoms. The molecule has 1 saturated carbocycles. The van der Waals surface area contributed by atoms with Gasteiger partial charge in [-0.1, -0.05) is 20.8 Å². The molecule has 2 nitrogen and oxygen atoms in total. The molecule has 0 radical (unpaired) electrons. The fourth-order valence-corrected chi connectivity index (χ4v) is 1.78. The highest BCUT2D eigenvalue weighted by molar-refractivity contribution is 5.13. The molecule has 0 spiro atoms. The van der Waals surface area contributed by atoms with Crippen LogP contribution in [0.4, 0.5) is 0 Å². The molecule has 0 aromatic rings. The smallest absolute Gasteiger partial charge is 0.0434 e. The Kier molecular flexibility index (Phi) is 2.01. The summed E-state index contributed by atoms with van der Waals surface area (Å²) in [5, 5.41) is 8.72. The number of rotatable bonds is 2. The maximum Gasteiger partial charge on any atom is 0.0434 e. The molecular weight excluding hydrogens is 138 g/mol. The van der Waals surface area contributed by atoms with Crippen molar-refractivity contribution >= 4 is 0 Å². The third-order valence-corrected chi connectivity index (χ3v) is 3.03. The van der Waals surface area contributed by atoms with E-state index in [4.69, 9.17) is 10.8 Å². The fourth-order valence-electron chi connectivity index (χ4n) is 1.78. The summed E-state index contributed by atoms with van der Waals surface area (Å²) < 4.78 is 0. The van der Waals surface area contributed by atoms with Gasteiger partial charge in [-0.05, 0) is 24.2 Å². The minimum Gasteiger partial charge on any atom is -0.396 e. The van der Waals surface area contributed by atoms with Gasteiger partial charge < -0.3 is 10.8 Å². The van der Waals surface area contributed by atoms with Crippen LogP contribution >= 0.6 is 0 Å². The lowest BCUT2D eigenvalue weighted by atomic mass is 9.83. The van der Waals surface area contributed by atoms with E-state index in [1.165, 1.54) is 0 Å². The summed E-state index contributed by atoms with van der Waals surface area (Å²) in [6.45, 7) is 6.79. The van der Waals surface area contributed by atoms with Gasteiger partial charge in [-0.3, -0.25) is 0 Å². The normalized spacial score (nSPS) is 37.4. The average Bonchev–Trinajstić information content (AvgIpc) is 2.43. The minimum atomic E-state index is -0.00424. The Hall–Kier alpha value is -0.0800. The molecule has 0 bridgehead atoms. The Morgan fingerprint density at radius 2 is 2.09 bits per heavy atom. The van der Waals surface area contributed by atoms with E-state index in [1.54, 1.807) is 0 Å². The maximum atomic E-state index is 8.72. The summed E-state index contributed by atoms with van der Waals surface area (Å²) in [4.78, 5) is 0. The highest BCUT2D eigenvalue weighted by atomic mass is 16.3. The van der Waals surface area contributed by atoms with Crippen LogP contribution in [0, 0.1) is 11.3 Å². The van der Waals surface area contributed by atoms with E-state index < -0.39 is 0 Å². The van der Waals surface area contributed by atoms with Crippen molar-refractivity contribution in [1.82, 2.24) is 0 Å². The van der Waals surface area contributed by atoms with Crippen molar-refractivity contribution in [2.24, 2.45) is 17.1 Å². The predicted molar refractivity (Wildman–Crippen MR) is 46.2 cm³/mol. The molecule has 1 aliphatic carbocycles. The van der Waals surface area contributed by atoms with Crippen LogP contribution in [0.2, 0.25) is 0 Å². The second-order valence-corrected chi connectivity index (χ2v) is 4.70. The molecule has 1 aliphatic rings. The first-order valence-electron chi connectivity index (χ1n) is 4.31. The highest BCUT2D eigenvalue weighted by Crippen LogP contribution is 2.54. The Bertz CT molecular complexity index is 150. The highest BCUT2D eigenvalue weighted by Gasteiger charge is 2.57. The van der Waals surface area contributed by atoms with Crippen molar-refractivity contribution in [3.8, 4) is 0 Å². The molecular formula is C9H19NO. The van der Waals surface area contributed by atoms with Crippen LogP contribution in [0.3, 0.4) is 0 Å². The largest absolute Gasteiger partial charge is 0.396 e. The van der Waals surface area contributed by atoms with Gasteiger partial charge in [0.1, 0.15) is 0 Å². The minimum absolute atomic E-state index is 0.00424. The van der Waals surface area contributed by atoms with E-state index in [2.05, 4.69) is 20.8 Å². The predicted octanol–water partition coefficient (Wildman–Crippen LogP) is 1.13. The molecule has 66 valence electrons. The van der Waals surface area contributed by atoms with Crippen LogP contribution in [-0.2, 0) is 0 Å². The first-order valence-corrected chi connectivity index (χ1v) is 4.31. The summed E-state index contributed by atoms with van der Waals surface area (Å²) >= 11 is 0. The molecule has 0 saturated heterocycles. The maximum absolute atomic E-state index is 8.72. The van der Waals surface area contributed by atoms with Gasteiger partial charge in [-0.15, -0.1) is 0 Å². The molecule has 0 unspecified atom stereocenters. The summed E-state index contributed by atoms with van der Waals surface area (Å²) in [5.74, 6) is 0.549. The summed E-state index contributed by atoms with van der Waals surface area (Å²) in [7, 11) is 0. The van der Waals surface area contributed by atoms with Gasteiger partial charge in [0.15, 0.2) is 0 Å². The first kappa shape index (κ1) is 9.01. The van der Waals surface area contributed by atoms with Crippen LogP contribution in [-0.4, -0.2) is 17.3 Å². The van der Waals surface area contributed by atoms with Crippen molar-refractivity contribution in [3.05, 3.63) is 0 Å². The lowest BCUT2D eigenvalue weighted by Crippen LogP contribution is -2.39. The third-order valence-electron chi connectivity index (χ3n) is 3.03. The van der Waals surface area contributed by atoms with Gasteiger partial charge in [-0.2, -0.15) is 0 Å². The Balaban J connectivity index is 2.49. The molecule has 0 aromatic heterocycles. The van der Waals surface area contributed by atoms with Crippen molar-refractivity contribution in [2.45, 2.75) is 39.2 Å². The van der Waals surface area contributed by atoms with E-state index in [-0.39, 0.29) is 17.6 Å². The van der Waals surface area contributed by atoms with Gasteiger partial charge >= 0.3 is 0 Å². The quantitative estimate of drug-likeness (QED) is 0.631. The van der Waals surface area contributed by atoms with Gasteiger partial charge in [-0.25, -0.2) is 0 Å². The molecule has 1 rings (SSSR count). The van der Waals surface area contributed by atoms with Gasteiger partial charge in [0, 0.05) is 12.1 Å². The Labute approximate surface area is 68.8 Å². The third kappa shape index (κ3) is 1.42. The standard InChI is InChI=1S/C9H19NO/c1-8(2,3)9(10)6-7(9)4-5-11/h7,11H,4-6,10H2,1-3H3/t7-,9+/m1/s1. The van der Waals surface area contributed by atoms with Crippen LogP contribution in [0.15, 0.2) is 0 Å². The van der Waals surface area contributed by atoms with Crippen LogP contribution in [0.25, 0.3) is 0 Å². The van der Waals surface area contributed by atoms with Crippen molar-refractivity contribution in [3.63, 3.8) is 0 Å². The van der Waals surface area contributed by atoms with E-state index in [0.29, 0.717) is 5.92 Å².